The van der Waals surface area contributed by atoms with Crippen LogP contribution in [0.3, 0.4) is 0 Å². The minimum Gasteiger partial charge on any atom is -0.486 e. The van der Waals surface area contributed by atoms with E-state index in [1.165, 1.54) is 48.4 Å². The number of halogens is 1. The van der Waals surface area contributed by atoms with Gasteiger partial charge in [0.1, 0.15) is 23.9 Å². The van der Waals surface area contributed by atoms with E-state index in [1.807, 2.05) is 5.38 Å². The molecule has 1 aliphatic heterocycles. The number of ether oxygens (including phenoxy) is 1. The highest BCUT2D eigenvalue weighted by molar-refractivity contribution is 7.13. The molecule has 0 spiro atoms. The quantitative estimate of drug-likeness (QED) is 0.576. The molecule has 2 aromatic heterocycles. The Labute approximate surface area is 178 Å². The molecule has 1 aromatic carbocycles. The maximum atomic E-state index is 12.9. The molecule has 6 nitrogen and oxygen atoms in total. The highest BCUT2D eigenvalue weighted by Gasteiger charge is 2.18. The normalized spacial score (nSPS) is 17.1. The molecule has 1 aliphatic rings. The lowest BCUT2D eigenvalue weighted by molar-refractivity contribution is 0.0992. The van der Waals surface area contributed by atoms with Crippen LogP contribution in [0.1, 0.15) is 41.8 Å². The van der Waals surface area contributed by atoms with Crippen molar-refractivity contribution in [3.8, 4) is 5.75 Å². The fraction of sp³-hybridized carbons (Fsp3) is 0.364. The van der Waals surface area contributed by atoms with Gasteiger partial charge in [-0.2, -0.15) is 0 Å². The van der Waals surface area contributed by atoms with Gasteiger partial charge in [0.2, 0.25) is 0 Å². The number of anilines is 1. The van der Waals surface area contributed by atoms with Crippen molar-refractivity contribution in [1.29, 1.82) is 0 Å². The average Bonchev–Trinajstić information content (AvgIpc) is 3.37. The predicted octanol–water partition coefficient (Wildman–Crippen LogP) is 4.94. The van der Waals surface area contributed by atoms with Crippen LogP contribution < -0.4 is 10.1 Å². The van der Waals surface area contributed by atoms with E-state index in [2.05, 4.69) is 22.1 Å². The number of furan rings is 1. The number of rotatable bonds is 7. The summed E-state index contributed by atoms with van der Waals surface area (Å²) in [5.74, 6) is 1.26. The van der Waals surface area contributed by atoms with Gasteiger partial charge in [0, 0.05) is 18.5 Å². The highest BCUT2D eigenvalue weighted by Crippen LogP contribution is 2.22. The molecule has 3 heterocycles. The Morgan fingerprint density at radius 1 is 1.33 bits per heavy atom. The molecule has 8 heteroatoms. The van der Waals surface area contributed by atoms with E-state index in [-0.39, 0.29) is 24.1 Å². The Hall–Kier alpha value is -2.71. The lowest BCUT2D eigenvalue weighted by Gasteiger charge is -2.30. The molecule has 0 aliphatic carbocycles. The van der Waals surface area contributed by atoms with Gasteiger partial charge in [-0.3, -0.25) is 15.0 Å². The molecule has 3 aromatic rings. The SMILES string of the molecule is CC1CCCN(Cc2csc(NC(=O)c3ccc(COc4ccc(F)cc4)o3)n2)C1. The number of carbonyl (C=O) groups excluding carboxylic acids is 1. The molecule has 1 amide bonds. The second-order valence-electron chi connectivity index (χ2n) is 7.59. The zero-order valence-electron chi connectivity index (χ0n) is 16.8. The molecule has 0 bridgehead atoms. The topological polar surface area (TPSA) is 67.6 Å². The minimum atomic E-state index is -0.351. The molecule has 30 heavy (non-hydrogen) atoms. The molecule has 1 fully saturated rings. The lowest BCUT2D eigenvalue weighted by Crippen LogP contribution is -2.33. The Kier molecular flexibility index (Phi) is 6.44. The molecule has 158 valence electrons. The summed E-state index contributed by atoms with van der Waals surface area (Å²) in [6, 6.07) is 9.01. The monoisotopic (exact) mass is 429 g/mol. The first-order chi connectivity index (χ1) is 14.5. The van der Waals surface area contributed by atoms with Gasteiger partial charge in [0.15, 0.2) is 10.9 Å². The Morgan fingerprint density at radius 2 is 2.17 bits per heavy atom. The number of amides is 1. The maximum absolute atomic E-state index is 12.9. The summed E-state index contributed by atoms with van der Waals surface area (Å²) in [6.07, 6.45) is 2.51. The van der Waals surface area contributed by atoms with Gasteiger partial charge in [-0.05, 0) is 61.7 Å². The number of piperidine rings is 1. The van der Waals surface area contributed by atoms with Crippen molar-refractivity contribution in [2.24, 2.45) is 5.92 Å². The second-order valence-corrected chi connectivity index (χ2v) is 8.45. The Bertz CT molecular complexity index is 986. The smallest absolute Gasteiger partial charge is 0.293 e. The van der Waals surface area contributed by atoms with E-state index in [4.69, 9.17) is 9.15 Å². The number of hydrogen-bond acceptors (Lipinski definition) is 6. The first-order valence-electron chi connectivity index (χ1n) is 10.0. The number of thiazole rings is 1. The fourth-order valence-electron chi connectivity index (χ4n) is 3.52. The van der Waals surface area contributed by atoms with Crippen molar-refractivity contribution in [2.45, 2.75) is 32.9 Å². The predicted molar refractivity (Wildman–Crippen MR) is 113 cm³/mol. The summed E-state index contributed by atoms with van der Waals surface area (Å²) in [7, 11) is 0. The van der Waals surface area contributed by atoms with Crippen LogP contribution in [0, 0.1) is 11.7 Å². The third kappa shape index (κ3) is 5.46. The maximum Gasteiger partial charge on any atom is 0.293 e. The third-order valence-electron chi connectivity index (χ3n) is 4.98. The summed E-state index contributed by atoms with van der Waals surface area (Å²) in [5, 5.41) is 5.33. The molecule has 1 N–H and O–H groups in total. The van der Waals surface area contributed by atoms with E-state index < -0.39 is 0 Å². The molecule has 0 radical (unpaired) electrons. The van der Waals surface area contributed by atoms with Gasteiger partial charge in [-0.15, -0.1) is 11.3 Å². The van der Waals surface area contributed by atoms with Crippen LogP contribution >= 0.6 is 11.3 Å². The molecule has 4 rings (SSSR count). The standard InChI is InChI=1S/C22H24FN3O3S/c1-15-3-2-10-26(11-15)12-17-14-30-22(24-17)25-21(27)20-9-8-19(29-20)13-28-18-6-4-16(23)5-7-18/h4-9,14-15H,2-3,10-13H2,1H3,(H,24,25,27). The van der Waals surface area contributed by atoms with Crippen LogP contribution in [0.25, 0.3) is 0 Å². The van der Waals surface area contributed by atoms with Gasteiger partial charge in [-0.25, -0.2) is 9.37 Å². The van der Waals surface area contributed by atoms with Crippen LogP contribution in [-0.4, -0.2) is 28.9 Å². The van der Waals surface area contributed by atoms with Crippen molar-refractivity contribution in [3.05, 3.63) is 64.8 Å². The fourth-order valence-corrected chi connectivity index (χ4v) is 4.21. The molecule has 1 atom stereocenters. The van der Waals surface area contributed by atoms with Crippen LogP contribution in [0.2, 0.25) is 0 Å². The van der Waals surface area contributed by atoms with Crippen LogP contribution in [-0.2, 0) is 13.2 Å². The van der Waals surface area contributed by atoms with Crippen molar-refractivity contribution in [1.82, 2.24) is 9.88 Å². The van der Waals surface area contributed by atoms with Crippen molar-refractivity contribution in [3.63, 3.8) is 0 Å². The number of likely N-dealkylation sites (tertiary alicyclic amines) is 1. The van der Waals surface area contributed by atoms with E-state index in [9.17, 15) is 9.18 Å². The zero-order valence-corrected chi connectivity index (χ0v) is 17.6. The van der Waals surface area contributed by atoms with Crippen molar-refractivity contribution >= 4 is 22.4 Å². The summed E-state index contributed by atoms with van der Waals surface area (Å²) in [4.78, 5) is 19.4. The van der Waals surface area contributed by atoms with Crippen LogP contribution in [0.15, 0.2) is 46.2 Å². The molecular formula is C22H24FN3O3S. The number of benzene rings is 1. The molecule has 0 saturated carbocycles. The number of nitrogens with one attached hydrogen (secondary N) is 1. The van der Waals surface area contributed by atoms with E-state index in [0.29, 0.717) is 16.6 Å². The molecule has 1 saturated heterocycles. The zero-order chi connectivity index (χ0) is 20.9. The van der Waals surface area contributed by atoms with Gasteiger partial charge < -0.3 is 9.15 Å². The van der Waals surface area contributed by atoms with E-state index >= 15 is 0 Å². The lowest BCUT2D eigenvalue weighted by atomic mass is 10.0. The molecular weight excluding hydrogens is 405 g/mol. The number of carbonyl (C=O) groups is 1. The largest absolute Gasteiger partial charge is 0.486 e. The van der Waals surface area contributed by atoms with Crippen molar-refractivity contribution in [2.75, 3.05) is 18.4 Å². The molecule has 1 unspecified atom stereocenters. The van der Waals surface area contributed by atoms with E-state index in [0.717, 1.165) is 31.2 Å². The van der Waals surface area contributed by atoms with Crippen LogP contribution in [0.5, 0.6) is 5.75 Å². The Balaban J connectivity index is 1.29. The number of nitrogens with zero attached hydrogens (tertiary/aromatic N) is 2. The summed E-state index contributed by atoms with van der Waals surface area (Å²) in [5.41, 5.74) is 0.970. The Morgan fingerprint density at radius 3 is 2.97 bits per heavy atom. The number of aromatic nitrogens is 1. The summed E-state index contributed by atoms with van der Waals surface area (Å²) < 4.78 is 24.0. The average molecular weight is 430 g/mol. The minimum absolute atomic E-state index is 0.147. The van der Waals surface area contributed by atoms with Crippen LogP contribution in [0.4, 0.5) is 9.52 Å². The highest BCUT2D eigenvalue weighted by atomic mass is 32.1. The second kappa shape index (κ2) is 9.40. The van der Waals surface area contributed by atoms with Gasteiger partial charge in [0.05, 0.1) is 5.69 Å². The van der Waals surface area contributed by atoms with Gasteiger partial charge in [-0.1, -0.05) is 6.92 Å². The van der Waals surface area contributed by atoms with Gasteiger partial charge >= 0.3 is 0 Å². The first kappa shape index (κ1) is 20.6. The van der Waals surface area contributed by atoms with Crippen molar-refractivity contribution < 1.29 is 18.3 Å². The van der Waals surface area contributed by atoms with E-state index in [1.54, 1.807) is 12.1 Å². The summed E-state index contributed by atoms with van der Waals surface area (Å²) in [6.45, 7) is 5.42. The first-order valence-corrected chi connectivity index (χ1v) is 10.9. The number of hydrogen-bond donors (Lipinski definition) is 1. The van der Waals surface area contributed by atoms with Gasteiger partial charge in [0.25, 0.3) is 5.91 Å². The third-order valence-corrected chi connectivity index (χ3v) is 5.79. The summed E-state index contributed by atoms with van der Waals surface area (Å²) >= 11 is 1.41.